The zero-order chi connectivity index (χ0) is 16.2. The fraction of sp³-hybridized carbons (Fsp3) is 0.235. The van der Waals surface area contributed by atoms with E-state index in [4.69, 9.17) is 5.73 Å². The maximum Gasteiger partial charge on any atom is 0.254 e. The van der Waals surface area contributed by atoms with E-state index in [0.29, 0.717) is 11.4 Å². The van der Waals surface area contributed by atoms with Gasteiger partial charge in [-0.1, -0.05) is 30.4 Å². The van der Waals surface area contributed by atoms with Crippen molar-refractivity contribution in [1.29, 1.82) is 0 Å². The third-order valence-electron chi connectivity index (χ3n) is 3.88. The van der Waals surface area contributed by atoms with Crippen LogP contribution in [0.25, 0.3) is 0 Å². The van der Waals surface area contributed by atoms with Crippen LogP contribution in [0.4, 0.5) is 11.5 Å². The zero-order valence-corrected chi connectivity index (χ0v) is 12.9. The number of hydrogen-bond donors (Lipinski definition) is 2. The summed E-state index contributed by atoms with van der Waals surface area (Å²) in [4.78, 5) is 16.1. The minimum atomic E-state index is -0.504. The van der Waals surface area contributed by atoms with Gasteiger partial charge in [0.15, 0.2) is 5.82 Å². The summed E-state index contributed by atoms with van der Waals surface area (Å²) in [6.45, 7) is 0. The molecule has 3 N–H and O–H groups in total. The Morgan fingerprint density at radius 1 is 1.35 bits per heavy atom. The number of para-hydroxylation sites is 1. The van der Waals surface area contributed by atoms with Crippen LogP contribution in [0.3, 0.4) is 0 Å². The minimum Gasteiger partial charge on any atom is -0.365 e. The van der Waals surface area contributed by atoms with Crippen LogP contribution in [0, 0.1) is 0 Å². The van der Waals surface area contributed by atoms with Crippen LogP contribution in [0.1, 0.15) is 29.2 Å². The first-order valence-corrected chi connectivity index (χ1v) is 7.50. The molecule has 0 unspecified atom stereocenters. The number of nitrogens with zero attached hydrogens (tertiary/aromatic N) is 3. The summed E-state index contributed by atoms with van der Waals surface area (Å²) >= 11 is 0. The summed E-state index contributed by atoms with van der Waals surface area (Å²) in [6.07, 6.45) is 7.50. The van der Waals surface area contributed by atoms with E-state index < -0.39 is 5.91 Å². The highest BCUT2D eigenvalue weighted by molar-refractivity contribution is 5.98. The number of carbonyl (C=O) groups is 1. The molecular weight excluding hydrogens is 290 g/mol. The fourth-order valence-electron chi connectivity index (χ4n) is 2.68. The molecule has 6 nitrogen and oxygen atoms in total. The van der Waals surface area contributed by atoms with Crippen LogP contribution in [-0.4, -0.2) is 28.4 Å². The van der Waals surface area contributed by atoms with Crippen molar-refractivity contribution in [2.45, 2.75) is 18.9 Å². The summed E-state index contributed by atoms with van der Waals surface area (Å²) in [6, 6.07) is 9.60. The summed E-state index contributed by atoms with van der Waals surface area (Å²) in [7, 11) is 1.78. The van der Waals surface area contributed by atoms with Crippen molar-refractivity contribution >= 4 is 23.1 Å². The van der Waals surface area contributed by atoms with Crippen molar-refractivity contribution in [3.63, 3.8) is 0 Å². The molecule has 118 valence electrons. The number of anilines is 2. The second kappa shape index (κ2) is 6.48. The Hall–Kier alpha value is -2.89. The molecule has 1 aliphatic rings. The number of nitrogens with two attached hydrogens (primary N) is 1. The van der Waals surface area contributed by atoms with E-state index in [9.17, 15) is 4.79 Å². The number of amides is 1. The van der Waals surface area contributed by atoms with Gasteiger partial charge in [-0.25, -0.2) is 0 Å². The van der Waals surface area contributed by atoms with Gasteiger partial charge in [0.25, 0.3) is 5.91 Å². The summed E-state index contributed by atoms with van der Waals surface area (Å²) < 4.78 is 1.78. The lowest BCUT2D eigenvalue weighted by Gasteiger charge is -2.20. The Balaban J connectivity index is 1.96. The van der Waals surface area contributed by atoms with Gasteiger partial charge in [0.1, 0.15) is 5.56 Å². The van der Waals surface area contributed by atoms with Gasteiger partial charge >= 0.3 is 0 Å². The molecule has 1 aromatic heterocycles. The third kappa shape index (κ3) is 3.15. The van der Waals surface area contributed by atoms with Gasteiger partial charge in [-0.2, -0.15) is 5.10 Å². The summed E-state index contributed by atoms with van der Waals surface area (Å²) in [5.41, 5.74) is 7.77. The molecule has 23 heavy (non-hydrogen) atoms. The predicted octanol–water partition coefficient (Wildman–Crippen LogP) is 2.69. The molecule has 1 aromatic carbocycles. The number of hydrogen-bond acceptors (Lipinski definition) is 4. The number of aromatic nitrogens is 2. The van der Waals surface area contributed by atoms with Gasteiger partial charge in [-0.15, -0.1) is 0 Å². The molecule has 1 aliphatic carbocycles. The van der Waals surface area contributed by atoms with Crippen molar-refractivity contribution < 1.29 is 4.79 Å². The van der Waals surface area contributed by atoms with E-state index in [1.165, 1.54) is 0 Å². The van der Waals surface area contributed by atoms with Gasteiger partial charge in [0.2, 0.25) is 0 Å². The molecule has 0 fully saturated rings. The van der Waals surface area contributed by atoms with Gasteiger partial charge < -0.3 is 11.1 Å². The van der Waals surface area contributed by atoms with Gasteiger partial charge in [0.05, 0.1) is 6.04 Å². The first-order chi connectivity index (χ1) is 11.2. The molecule has 1 heterocycles. The standard InChI is InChI=1S/C17H19N5O/c1-19-14-9-5-6-10-15(14)22-11-13(16(18)23)17(21-22)20-12-7-3-2-4-8-12/h2-8,11,15H,9-10H2,1H3,(H2,18,23)(H,20,21)/t15-/m0/s1. The Labute approximate surface area is 134 Å². The largest absolute Gasteiger partial charge is 0.365 e. The summed E-state index contributed by atoms with van der Waals surface area (Å²) in [5, 5.41) is 7.69. The van der Waals surface area contributed by atoms with Crippen molar-refractivity contribution in [2.24, 2.45) is 10.7 Å². The maximum atomic E-state index is 11.7. The first-order valence-electron chi connectivity index (χ1n) is 7.50. The van der Waals surface area contributed by atoms with Gasteiger partial charge in [-0.3, -0.25) is 14.5 Å². The van der Waals surface area contributed by atoms with Crippen LogP contribution >= 0.6 is 0 Å². The Morgan fingerprint density at radius 2 is 2.13 bits per heavy atom. The van der Waals surface area contributed by atoms with Crippen LogP contribution in [-0.2, 0) is 0 Å². The topological polar surface area (TPSA) is 85.3 Å². The quantitative estimate of drug-likeness (QED) is 0.851. The second-order valence-corrected chi connectivity index (χ2v) is 5.37. The number of carbonyl (C=O) groups excluding carboxylic acids is 1. The number of allylic oxidation sites excluding steroid dienone is 2. The van der Waals surface area contributed by atoms with Gasteiger partial charge in [-0.05, 0) is 18.6 Å². The molecule has 0 bridgehead atoms. The number of aliphatic imine (C=N–C) groups is 1. The number of nitrogens with one attached hydrogen (secondary N) is 1. The van der Waals surface area contributed by atoms with E-state index >= 15 is 0 Å². The van der Waals surface area contributed by atoms with E-state index in [-0.39, 0.29) is 6.04 Å². The van der Waals surface area contributed by atoms with E-state index in [1.54, 1.807) is 17.9 Å². The molecule has 0 saturated heterocycles. The SMILES string of the molecule is CN=C1CC=CC[C@@H]1n1cc(C(N)=O)c(Nc2ccccc2)n1. The van der Waals surface area contributed by atoms with Crippen molar-refractivity contribution in [3.05, 3.63) is 54.2 Å². The summed E-state index contributed by atoms with van der Waals surface area (Å²) in [5.74, 6) is -0.0373. The number of benzene rings is 1. The highest BCUT2D eigenvalue weighted by atomic mass is 16.1. The fourth-order valence-corrected chi connectivity index (χ4v) is 2.68. The third-order valence-corrected chi connectivity index (χ3v) is 3.88. The molecule has 3 rings (SSSR count). The molecule has 1 atom stereocenters. The van der Waals surface area contributed by atoms with E-state index in [0.717, 1.165) is 24.2 Å². The predicted molar refractivity (Wildman–Crippen MR) is 91.2 cm³/mol. The van der Waals surface area contributed by atoms with Crippen molar-refractivity contribution in [2.75, 3.05) is 12.4 Å². The lowest BCUT2D eigenvalue weighted by atomic mass is 9.99. The lowest BCUT2D eigenvalue weighted by molar-refractivity contribution is 0.100. The van der Waals surface area contributed by atoms with E-state index in [1.807, 2.05) is 30.3 Å². The maximum absolute atomic E-state index is 11.7. The first kappa shape index (κ1) is 15.0. The zero-order valence-electron chi connectivity index (χ0n) is 12.9. The lowest BCUT2D eigenvalue weighted by Crippen LogP contribution is -2.21. The Morgan fingerprint density at radius 3 is 2.83 bits per heavy atom. The molecule has 0 spiro atoms. The highest BCUT2D eigenvalue weighted by Gasteiger charge is 2.23. The normalized spacial score (nSPS) is 19.0. The number of rotatable bonds is 4. The molecule has 0 radical (unpaired) electrons. The second-order valence-electron chi connectivity index (χ2n) is 5.37. The van der Waals surface area contributed by atoms with Crippen LogP contribution in [0.2, 0.25) is 0 Å². The van der Waals surface area contributed by atoms with Crippen molar-refractivity contribution in [3.8, 4) is 0 Å². The van der Waals surface area contributed by atoms with Gasteiger partial charge in [0, 0.05) is 31.1 Å². The smallest absolute Gasteiger partial charge is 0.254 e. The van der Waals surface area contributed by atoms with Crippen molar-refractivity contribution in [1.82, 2.24) is 9.78 Å². The van der Waals surface area contributed by atoms with Crippen LogP contribution in [0.5, 0.6) is 0 Å². The minimum absolute atomic E-state index is 0.0226. The highest BCUT2D eigenvalue weighted by Crippen LogP contribution is 2.25. The van der Waals surface area contributed by atoms with E-state index in [2.05, 4.69) is 27.6 Å². The molecule has 0 aliphatic heterocycles. The number of primary amides is 1. The van der Waals surface area contributed by atoms with Crippen LogP contribution < -0.4 is 11.1 Å². The molecule has 6 heteroatoms. The monoisotopic (exact) mass is 309 g/mol. The molecule has 1 amide bonds. The Bertz CT molecular complexity index is 761. The average Bonchev–Trinajstić information content (AvgIpc) is 2.99. The molecular formula is C17H19N5O. The van der Waals surface area contributed by atoms with Crippen LogP contribution in [0.15, 0.2) is 53.7 Å². The molecule has 2 aromatic rings. The average molecular weight is 309 g/mol. The Kier molecular flexibility index (Phi) is 4.23. The molecule has 0 saturated carbocycles.